The van der Waals surface area contributed by atoms with Gasteiger partial charge in [-0.1, -0.05) is 0 Å². The normalized spacial score (nSPS) is 53.6. The first-order chi connectivity index (χ1) is 6.91. The Hall–Kier alpha value is -0.0400. The summed E-state index contributed by atoms with van der Waals surface area (Å²) in [6, 6.07) is 1.97. The Kier molecular flexibility index (Phi) is 1.89. The second kappa shape index (κ2) is 2.80. The minimum absolute atomic E-state index is 0.447. The summed E-state index contributed by atoms with van der Waals surface area (Å²) < 4.78 is 1.38. The predicted molar refractivity (Wildman–Crippen MR) is 63.6 cm³/mol. The molecule has 0 amide bonds. The van der Waals surface area contributed by atoms with Crippen LogP contribution in [0.3, 0.4) is 0 Å². The summed E-state index contributed by atoms with van der Waals surface area (Å²) in [6.45, 7) is 7.36. The molecule has 0 spiro atoms. The summed E-state index contributed by atoms with van der Waals surface area (Å²) in [4.78, 5) is 0. The van der Waals surface area contributed by atoms with Crippen molar-refractivity contribution in [1.82, 2.24) is 0 Å². The molecular formula is C14H26N+. The van der Waals surface area contributed by atoms with Crippen LogP contribution in [0.25, 0.3) is 0 Å². The molecule has 0 aromatic carbocycles. The van der Waals surface area contributed by atoms with E-state index in [1.54, 1.807) is 6.42 Å². The van der Waals surface area contributed by atoms with Gasteiger partial charge in [0.25, 0.3) is 0 Å². The van der Waals surface area contributed by atoms with Crippen LogP contribution >= 0.6 is 0 Å². The molecule has 0 unspecified atom stereocenters. The number of quaternary nitrogens is 1. The van der Waals surface area contributed by atoms with E-state index in [0.29, 0.717) is 5.54 Å². The van der Waals surface area contributed by atoms with Gasteiger partial charge in [0.2, 0.25) is 0 Å². The first kappa shape index (κ1) is 10.1. The quantitative estimate of drug-likeness (QED) is 0.536. The van der Waals surface area contributed by atoms with Crippen molar-refractivity contribution in [2.24, 2.45) is 11.8 Å². The van der Waals surface area contributed by atoms with Crippen LogP contribution in [-0.2, 0) is 0 Å². The van der Waals surface area contributed by atoms with Crippen molar-refractivity contribution >= 4 is 0 Å². The standard InChI is InChI=1S/C14H26N/c1-14(2,3)15(4)12-6-10-5-11(8-12)9-13(15)7-10/h10-13H,5-9H2,1-4H3/q+1/t10-,11+,12-,13+,15?. The van der Waals surface area contributed by atoms with Gasteiger partial charge in [-0.15, -0.1) is 0 Å². The summed E-state index contributed by atoms with van der Waals surface area (Å²) >= 11 is 0. The van der Waals surface area contributed by atoms with Gasteiger partial charge in [-0.25, -0.2) is 0 Å². The molecule has 0 aromatic heterocycles. The molecule has 0 N–H and O–H groups in total. The predicted octanol–water partition coefficient (Wildman–Crippen LogP) is 3.19. The molecule has 1 nitrogen and oxygen atoms in total. The maximum absolute atomic E-state index is 2.55. The monoisotopic (exact) mass is 208 g/mol. The van der Waals surface area contributed by atoms with Crippen molar-refractivity contribution in [3.8, 4) is 0 Å². The van der Waals surface area contributed by atoms with Gasteiger partial charge in [0, 0.05) is 25.7 Å². The van der Waals surface area contributed by atoms with Crippen LogP contribution in [0.5, 0.6) is 0 Å². The van der Waals surface area contributed by atoms with Gasteiger partial charge in [0.05, 0.1) is 24.7 Å². The number of rotatable bonds is 0. The lowest BCUT2D eigenvalue weighted by Gasteiger charge is -2.65. The fourth-order valence-corrected chi connectivity index (χ4v) is 5.05. The highest BCUT2D eigenvalue weighted by Gasteiger charge is 2.59. The Morgan fingerprint density at radius 2 is 1.20 bits per heavy atom. The third kappa shape index (κ3) is 1.19. The molecule has 4 fully saturated rings. The zero-order valence-corrected chi connectivity index (χ0v) is 10.8. The van der Waals surface area contributed by atoms with Crippen LogP contribution in [0.1, 0.15) is 52.9 Å². The van der Waals surface area contributed by atoms with E-state index in [9.17, 15) is 0 Å². The molecule has 1 heteroatoms. The van der Waals surface area contributed by atoms with Crippen LogP contribution in [0.2, 0.25) is 0 Å². The molecule has 2 aliphatic heterocycles. The van der Waals surface area contributed by atoms with Crippen molar-refractivity contribution in [2.75, 3.05) is 7.05 Å². The highest BCUT2D eigenvalue weighted by Crippen LogP contribution is 2.54. The molecular weight excluding hydrogens is 182 g/mol. The summed E-state index contributed by atoms with van der Waals surface area (Å²) in [6.07, 6.45) is 7.68. The van der Waals surface area contributed by atoms with Crippen LogP contribution in [0.15, 0.2) is 0 Å². The summed E-state index contributed by atoms with van der Waals surface area (Å²) in [7, 11) is 2.55. The molecule has 86 valence electrons. The lowest BCUT2D eigenvalue weighted by molar-refractivity contribution is -1.01. The van der Waals surface area contributed by atoms with E-state index in [2.05, 4.69) is 27.8 Å². The van der Waals surface area contributed by atoms with E-state index in [0.717, 1.165) is 23.9 Å². The summed E-state index contributed by atoms with van der Waals surface area (Å²) in [5.41, 5.74) is 0.447. The summed E-state index contributed by atoms with van der Waals surface area (Å²) in [5, 5.41) is 0. The van der Waals surface area contributed by atoms with Gasteiger partial charge in [-0.05, 0) is 39.0 Å². The minimum atomic E-state index is 0.447. The third-order valence-corrected chi connectivity index (χ3v) is 6.05. The average molecular weight is 208 g/mol. The highest BCUT2D eigenvalue weighted by molar-refractivity contribution is 4.95. The largest absolute Gasteiger partial charge is 0.317 e. The van der Waals surface area contributed by atoms with Crippen molar-refractivity contribution in [1.29, 1.82) is 0 Å². The van der Waals surface area contributed by atoms with E-state index in [1.807, 2.05) is 0 Å². The van der Waals surface area contributed by atoms with E-state index in [1.165, 1.54) is 30.2 Å². The first-order valence-electron chi connectivity index (χ1n) is 6.77. The minimum Gasteiger partial charge on any atom is -0.317 e. The Morgan fingerprint density at radius 3 is 1.53 bits per heavy atom. The fraction of sp³-hybridized carbons (Fsp3) is 1.00. The van der Waals surface area contributed by atoms with Crippen LogP contribution < -0.4 is 0 Å². The fourth-order valence-electron chi connectivity index (χ4n) is 5.05. The van der Waals surface area contributed by atoms with E-state index < -0.39 is 0 Å². The van der Waals surface area contributed by atoms with Gasteiger partial charge in [-0.2, -0.15) is 0 Å². The molecule has 15 heavy (non-hydrogen) atoms. The van der Waals surface area contributed by atoms with Crippen molar-refractivity contribution in [3.05, 3.63) is 0 Å². The Bertz CT molecular complexity index is 246. The van der Waals surface area contributed by atoms with E-state index >= 15 is 0 Å². The van der Waals surface area contributed by atoms with Gasteiger partial charge in [0.15, 0.2) is 0 Å². The maximum atomic E-state index is 2.55. The second-order valence-corrected chi connectivity index (χ2v) is 7.54. The summed E-state index contributed by atoms with van der Waals surface area (Å²) in [5.74, 6) is 2.20. The van der Waals surface area contributed by atoms with Gasteiger partial charge >= 0.3 is 0 Å². The lowest BCUT2D eigenvalue weighted by Crippen LogP contribution is -2.74. The number of piperidine rings is 2. The first-order valence-corrected chi connectivity index (χ1v) is 6.77. The highest BCUT2D eigenvalue weighted by atomic mass is 15.4. The van der Waals surface area contributed by atoms with Crippen molar-refractivity contribution in [3.63, 3.8) is 0 Å². The molecule has 0 aromatic rings. The molecule has 0 atom stereocenters. The van der Waals surface area contributed by atoms with Crippen LogP contribution in [0, 0.1) is 11.8 Å². The van der Waals surface area contributed by atoms with Crippen molar-refractivity contribution < 1.29 is 4.48 Å². The maximum Gasteiger partial charge on any atom is 0.0909 e. The SMILES string of the molecule is CC(C)(C)[N+]1(C)[C@H]2C[C@@H]3C[C@@H](C[C@H]1C3)C2. The number of hydrogen-bond donors (Lipinski definition) is 0. The third-order valence-electron chi connectivity index (χ3n) is 6.05. The van der Waals surface area contributed by atoms with Crippen LogP contribution in [-0.4, -0.2) is 29.2 Å². The Balaban J connectivity index is 1.98. The van der Waals surface area contributed by atoms with Gasteiger partial charge < -0.3 is 4.48 Å². The molecule has 4 aliphatic rings. The number of nitrogens with zero attached hydrogens (tertiary/aromatic N) is 1. The molecule has 2 heterocycles. The second-order valence-electron chi connectivity index (χ2n) is 7.54. The smallest absolute Gasteiger partial charge is 0.0909 e. The molecule has 2 saturated heterocycles. The zero-order chi connectivity index (χ0) is 10.8. The lowest BCUT2D eigenvalue weighted by atomic mass is 9.61. The average Bonchev–Trinajstić information content (AvgIpc) is 2.10. The van der Waals surface area contributed by atoms with E-state index in [4.69, 9.17) is 0 Å². The molecule has 2 saturated carbocycles. The Labute approximate surface area is 94.4 Å². The number of hydrogen-bond acceptors (Lipinski definition) is 0. The topological polar surface area (TPSA) is 0 Å². The van der Waals surface area contributed by atoms with Gasteiger partial charge in [-0.3, -0.25) is 0 Å². The van der Waals surface area contributed by atoms with Crippen LogP contribution in [0.4, 0.5) is 0 Å². The zero-order valence-electron chi connectivity index (χ0n) is 10.8. The molecule has 0 radical (unpaired) electrons. The van der Waals surface area contributed by atoms with Gasteiger partial charge in [0.1, 0.15) is 0 Å². The Morgan fingerprint density at radius 1 is 0.800 bits per heavy atom. The molecule has 2 aliphatic carbocycles. The van der Waals surface area contributed by atoms with E-state index in [-0.39, 0.29) is 0 Å². The molecule has 4 bridgehead atoms. The molecule has 4 rings (SSSR count). The van der Waals surface area contributed by atoms with Crippen molar-refractivity contribution in [2.45, 2.75) is 70.5 Å².